The Kier molecular flexibility index (Phi) is 6.27. The van der Waals surface area contributed by atoms with Crippen molar-refractivity contribution in [2.45, 2.75) is 38.8 Å². The fourth-order valence-electron chi connectivity index (χ4n) is 4.14. The number of anilines is 2. The predicted octanol–water partition coefficient (Wildman–Crippen LogP) is 1.99. The summed E-state index contributed by atoms with van der Waals surface area (Å²) >= 11 is 0. The Morgan fingerprint density at radius 1 is 1.16 bits per heavy atom. The number of piperazine rings is 1. The zero-order valence-corrected chi connectivity index (χ0v) is 18.8. The van der Waals surface area contributed by atoms with Crippen LogP contribution in [-0.4, -0.2) is 76.6 Å². The molecule has 1 aromatic carbocycles. The van der Waals surface area contributed by atoms with Crippen LogP contribution in [0.2, 0.25) is 0 Å². The number of likely N-dealkylation sites (N-methyl/N-ethyl adjacent to an activating group) is 1. The third kappa shape index (κ3) is 4.52. The van der Waals surface area contributed by atoms with Gasteiger partial charge in [-0.05, 0) is 51.6 Å². The van der Waals surface area contributed by atoms with Crippen molar-refractivity contribution in [2.24, 2.45) is 0 Å². The van der Waals surface area contributed by atoms with Crippen molar-refractivity contribution in [3.8, 4) is 0 Å². The molecule has 0 aliphatic carbocycles. The van der Waals surface area contributed by atoms with Crippen molar-refractivity contribution < 1.29 is 14.4 Å². The van der Waals surface area contributed by atoms with Gasteiger partial charge >= 0.3 is 0 Å². The number of amides is 3. The fourth-order valence-corrected chi connectivity index (χ4v) is 4.14. The molecule has 9 nitrogen and oxygen atoms in total. The Balaban J connectivity index is 1.43. The highest BCUT2D eigenvalue weighted by Crippen LogP contribution is 2.24. The molecule has 0 saturated carbocycles. The largest absolute Gasteiger partial charge is 0.334 e. The van der Waals surface area contributed by atoms with Gasteiger partial charge in [0.2, 0.25) is 11.8 Å². The van der Waals surface area contributed by atoms with Crippen molar-refractivity contribution in [1.82, 2.24) is 19.6 Å². The van der Waals surface area contributed by atoms with E-state index >= 15 is 0 Å². The van der Waals surface area contributed by atoms with Gasteiger partial charge in [0.15, 0.2) is 0 Å². The quantitative estimate of drug-likeness (QED) is 0.771. The summed E-state index contributed by atoms with van der Waals surface area (Å²) in [5.41, 5.74) is 1.82. The van der Waals surface area contributed by atoms with Crippen LogP contribution in [0.25, 0.3) is 0 Å². The van der Waals surface area contributed by atoms with Crippen LogP contribution in [-0.2, 0) is 9.59 Å². The van der Waals surface area contributed by atoms with Gasteiger partial charge in [0.1, 0.15) is 11.7 Å². The van der Waals surface area contributed by atoms with E-state index in [4.69, 9.17) is 0 Å². The summed E-state index contributed by atoms with van der Waals surface area (Å²) in [5, 5.41) is 7.34. The van der Waals surface area contributed by atoms with Gasteiger partial charge in [0, 0.05) is 56.2 Å². The Hall–Kier alpha value is -3.20. The van der Waals surface area contributed by atoms with Crippen LogP contribution in [0.15, 0.2) is 36.5 Å². The first kappa shape index (κ1) is 22.0. The number of hydrogen-bond donors (Lipinski definition) is 1. The van der Waals surface area contributed by atoms with Gasteiger partial charge in [-0.15, -0.1) is 0 Å². The zero-order chi connectivity index (χ0) is 22.8. The van der Waals surface area contributed by atoms with E-state index in [9.17, 15) is 14.4 Å². The molecule has 1 aromatic heterocycles. The molecule has 32 heavy (non-hydrogen) atoms. The second-order valence-electron chi connectivity index (χ2n) is 8.71. The average Bonchev–Trinajstić information content (AvgIpc) is 3.43. The Morgan fingerprint density at radius 2 is 1.97 bits per heavy atom. The summed E-state index contributed by atoms with van der Waals surface area (Å²) in [7, 11) is 1.89. The number of rotatable bonds is 5. The molecule has 2 saturated heterocycles. The van der Waals surface area contributed by atoms with Crippen LogP contribution in [0.1, 0.15) is 43.2 Å². The highest BCUT2D eigenvalue weighted by molar-refractivity contribution is 5.99. The number of nitrogens with zero attached hydrogens (tertiary/aromatic N) is 5. The molecule has 0 spiro atoms. The fraction of sp³-hybridized carbons (Fsp3) is 0.478. The van der Waals surface area contributed by atoms with Crippen LogP contribution in [0.3, 0.4) is 0 Å². The third-order valence-corrected chi connectivity index (χ3v) is 6.09. The predicted molar refractivity (Wildman–Crippen MR) is 122 cm³/mol. The molecule has 1 atom stereocenters. The second kappa shape index (κ2) is 9.12. The van der Waals surface area contributed by atoms with Gasteiger partial charge in [-0.25, -0.2) is 0 Å². The van der Waals surface area contributed by atoms with Gasteiger partial charge in [-0.2, -0.15) is 5.10 Å². The van der Waals surface area contributed by atoms with Crippen molar-refractivity contribution in [1.29, 1.82) is 0 Å². The molecule has 2 fully saturated rings. The lowest BCUT2D eigenvalue weighted by Gasteiger charge is -2.38. The van der Waals surface area contributed by atoms with Crippen molar-refractivity contribution in [3.05, 3.63) is 42.2 Å². The average molecular weight is 439 g/mol. The van der Waals surface area contributed by atoms with Crippen LogP contribution < -0.4 is 10.2 Å². The second-order valence-corrected chi connectivity index (χ2v) is 8.71. The number of benzene rings is 1. The Bertz CT molecular complexity index is 1020. The molecule has 9 heteroatoms. The van der Waals surface area contributed by atoms with Crippen LogP contribution in [0, 0.1) is 0 Å². The van der Waals surface area contributed by atoms with Crippen molar-refractivity contribution >= 4 is 29.1 Å². The maximum absolute atomic E-state index is 13.1. The van der Waals surface area contributed by atoms with Gasteiger partial charge < -0.3 is 15.1 Å². The summed E-state index contributed by atoms with van der Waals surface area (Å²) in [6.07, 6.45) is 3.21. The number of aromatic nitrogens is 2. The molecule has 0 bridgehead atoms. The van der Waals surface area contributed by atoms with Gasteiger partial charge in [0.05, 0.1) is 0 Å². The zero-order valence-electron chi connectivity index (χ0n) is 18.8. The smallest absolute Gasteiger partial charge is 0.274 e. The highest BCUT2D eigenvalue weighted by Gasteiger charge is 2.33. The van der Waals surface area contributed by atoms with E-state index in [1.54, 1.807) is 26.7 Å². The molecule has 1 N–H and O–H groups in total. The first-order valence-electron chi connectivity index (χ1n) is 11.1. The van der Waals surface area contributed by atoms with E-state index in [-0.39, 0.29) is 23.8 Å². The van der Waals surface area contributed by atoms with Crippen molar-refractivity contribution in [3.63, 3.8) is 0 Å². The van der Waals surface area contributed by atoms with Gasteiger partial charge in [-0.3, -0.25) is 24.0 Å². The summed E-state index contributed by atoms with van der Waals surface area (Å²) in [6, 6.07) is 8.77. The van der Waals surface area contributed by atoms with E-state index < -0.39 is 6.04 Å². The first-order chi connectivity index (χ1) is 15.3. The SMILES string of the molecule is CC(C)n1ccc(C(=O)N2CCN(C)[C@@H](C(=O)Nc3cccc(N4CCCC4=O)c3)C2)n1. The highest BCUT2D eigenvalue weighted by atomic mass is 16.2. The maximum atomic E-state index is 13.1. The minimum Gasteiger partial charge on any atom is -0.334 e. The standard InChI is InChI=1S/C23H30N6O3/c1-16(2)29-11-9-19(25-29)23(32)27-13-12-26(3)20(15-27)22(31)24-17-6-4-7-18(14-17)28-10-5-8-21(28)30/h4,6-7,9,11,14,16,20H,5,8,10,12-13,15H2,1-3H3,(H,24,31)/t20-/m1/s1. The summed E-state index contributed by atoms with van der Waals surface area (Å²) < 4.78 is 1.76. The molecule has 2 aromatic rings. The Labute approximate surface area is 188 Å². The number of carbonyl (C=O) groups excluding carboxylic acids is 3. The van der Waals surface area contributed by atoms with Gasteiger partial charge in [-0.1, -0.05) is 6.07 Å². The molecule has 0 radical (unpaired) electrons. The molecular formula is C23H30N6O3. The number of carbonyl (C=O) groups is 3. The lowest BCUT2D eigenvalue weighted by molar-refractivity contribution is -0.122. The van der Waals surface area contributed by atoms with E-state index in [0.29, 0.717) is 44.0 Å². The summed E-state index contributed by atoms with van der Waals surface area (Å²) in [5.74, 6) is -0.234. The molecular weight excluding hydrogens is 408 g/mol. The minimum absolute atomic E-state index is 0.106. The minimum atomic E-state index is -0.475. The molecule has 4 rings (SSSR count). The lowest BCUT2D eigenvalue weighted by atomic mass is 10.1. The maximum Gasteiger partial charge on any atom is 0.274 e. The third-order valence-electron chi connectivity index (χ3n) is 6.09. The molecule has 3 amide bonds. The first-order valence-corrected chi connectivity index (χ1v) is 11.1. The monoisotopic (exact) mass is 438 g/mol. The van der Waals surface area contributed by atoms with Crippen LogP contribution in [0.5, 0.6) is 0 Å². The summed E-state index contributed by atoms with van der Waals surface area (Å²) in [6.45, 7) is 6.14. The van der Waals surface area contributed by atoms with Crippen LogP contribution >= 0.6 is 0 Å². The lowest BCUT2D eigenvalue weighted by Crippen LogP contribution is -2.57. The Morgan fingerprint density at radius 3 is 2.66 bits per heavy atom. The molecule has 170 valence electrons. The van der Waals surface area contributed by atoms with Gasteiger partial charge in [0.25, 0.3) is 5.91 Å². The number of nitrogens with one attached hydrogen (secondary N) is 1. The normalized spacial score (nSPS) is 19.6. The topological polar surface area (TPSA) is 90.8 Å². The van der Waals surface area contributed by atoms with Crippen molar-refractivity contribution in [2.75, 3.05) is 43.4 Å². The number of hydrogen-bond acceptors (Lipinski definition) is 5. The molecule has 0 unspecified atom stereocenters. The van der Waals surface area contributed by atoms with E-state index in [1.807, 2.05) is 50.1 Å². The van der Waals surface area contributed by atoms with E-state index in [0.717, 1.165) is 12.1 Å². The molecule has 3 heterocycles. The molecule has 2 aliphatic rings. The van der Waals surface area contributed by atoms with E-state index in [1.165, 1.54) is 0 Å². The van der Waals surface area contributed by atoms with Crippen LogP contribution in [0.4, 0.5) is 11.4 Å². The molecule has 2 aliphatic heterocycles. The summed E-state index contributed by atoms with van der Waals surface area (Å²) in [4.78, 5) is 43.5. The van der Waals surface area contributed by atoms with E-state index in [2.05, 4.69) is 10.4 Å².